The Bertz CT molecular complexity index is 322. The first-order chi connectivity index (χ1) is 9.22. The molecule has 0 unspecified atom stereocenters. The van der Waals surface area contributed by atoms with Crippen molar-refractivity contribution in [3.05, 3.63) is 29.8 Å². The summed E-state index contributed by atoms with van der Waals surface area (Å²) in [4.78, 5) is 0. The van der Waals surface area contributed by atoms with Crippen molar-refractivity contribution in [1.82, 2.24) is 0 Å². The maximum atomic E-state index is 5.61. The van der Waals surface area contributed by atoms with Crippen LogP contribution in [0.5, 0.6) is 5.75 Å². The summed E-state index contributed by atoms with van der Waals surface area (Å²) < 4.78 is 11.1. The summed E-state index contributed by atoms with van der Waals surface area (Å²) in [6, 6.07) is 8.10. The zero-order chi connectivity index (χ0) is 13.9. The molecule has 0 fully saturated rings. The molecule has 0 saturated carbocycles. The van der Waals surface area contributed by atoms with Gasteiger partial charge in [-0.1, -0.05) is 26.0 Å². The molecule has 3 nitrogen and oxygen atoms in total. The topological polar surface area (TPSA) is 44.5 Å². The molecule has 3 heteroatoms. The Balaban J connectivity index is 2.05. The van der Waals surface area contributed by atoms with Crippen LogP contribution in [-0.2, 0) is 11.2 Å². The summed E-state index contributed by atoms with van der Waals surface area (Å²) >= 11 is 0. The number of benzene rings is 1. The van der Waals surface area contributed by atoms with Crippen molar-refractivity contribution in [1.29, 1.82) is 0 Å². The minimum absolute atomic E-state index is 0.609. The molecule has 1 aromatic carbocycles. The third-order valence-corrected chi connectivity index (χ3v) is 2.92. The van der Waals surface area contributed by atoms with Crippen LogP contribution in [0, 0.1) is 5.92 Å². The molecule has 0 bridgehead atoms. The van der Waals surface area contributed by atoms with Crippen molar-refractivity contribution < 1.29 is 9.47 Å². The number of rotatable bonds is 10. The minimum atomic E-state index is 0.609. The molecule has 2 N–H and O–H groups in total. The molecule has 0 aliphatic carbocycles. The highest BCUT2D eigenvalue weighted by Gasteiger charge is 1.97. The third-order valence-electron chi connectivity index (χ3n) is 2.92. The quantitative estimate of drug-likeness (QED) is 0.661. The second-order valence-corrected chi connectivity index (χ2v) is 5.18. The molecule has 0 aromatic heterocycles. The molecule has 1 rings (SSSR count). The molecule has 0 spiro atoms. The fraction of sp³-hybridized carbons (Fsp3) is 0.625. The number of nitrogens with two attached hydrogens (primary N) is 1. The van der Waals surface area contributed by atoms with Crippen LogP contribution in [0.15, 0.2) is 24.3 Å². The van der Waals surface area contributed by atoms with Gasteiger partial charge in [-0.05, 0) is 49.4 Å². The van der Waals surface area contributed by atoms with Crippen molar-refractivity contribution in [3.8, 4) is 5.75 Å². The summed E-state index contributed by atoms with van der Waals surface area (Å²) in [5.41, 5.74) is 6.76. The van der Waals surface area contributed by atoms with Crippen molar-refractivity contribution in [2.75, 3.05) is 26.4 Å². The van der Waals surface area contributed by atoms with Gasteiger partial charge in [0.1, 0.15) is 12.4 Å². The fourth-order valence-corrected chi connectivity index (χ4v) is 1.83. The predicted molar refractivity (Wildman–Crippen MR) is 79.6 cm³/mol. The molecular formula is C16H27NO2. The first-order valence-corrected chi connectivity index (χ1v) is 7.22. The summed E-state index contributed by atoms with van der Waals surface area (Å²) in [5, 5.41) is 0. The standard InChI is InChI=1S/C16H27NO2/c1-14(2)4-3-11-18-12-13-19-16-7-5-15(6-8-16)9-10-17/h5-8,14H,3-4,9-13,17H2,1-2H3. The smallest absolute Gasteiger partial charge is 0.119 e. The molecule has 0 radical (unpaired) electrons. The van der Waals surface area contributed by atoms with E-state index in [1.54, 1.807) is 0 Å². The molecule has 108 valence electrons. The average molecular weight is 265 g/mol. The Morgan fingerprint density at radius 2 is 1.79 bits per heavy atom. The largest absolute Gasteiger partial charge is 0.491 e. The highest BCUT2D eigenvalue weighted by molar-refractivity contribution is 5.27. The van der Waals surface area contributed by atoms with Crippen LogP contribution in [-0.4, -0.2) is 26.4 Å². The zero-order valence-electron chi connectivity index (χ0n) is 12.2. The highest BCUT2D eigenvalue weighted by Crippen LogP contribution is 2.12. The fourth-order valence-electron chi connectivity index (χ4n) is 1.83. The lowest BCUT2D eigenvalue weighted by Crippen LogP contribution is -2.08. The monoisotopic (exact) mass is 265 g/mol. The van der Waals surface area contributed by atoms with Gasteiger partial charge in [0.2, 0.25) is 0 Å². The van der Waals surface area contributed by atoms with Crippen LogP contribution < -0.4 is 10.5 Å². The average Bonchev–Trinajstić information content (AvgIpc) is 2.39. The van der Waals surface area contributed by atoms with E-state index in [9.17, 15) is 0 Å². The van der Waals surface area contributed by atoms with Gasteiger partial charge >= 0.3 is 0 Å². The van der Waals surface area contributed by atoms with Gasteiger partial charge in [-0.2, -0.15) is 0 Å². The first kappa shape index (κ1) is 16.0. The molecule has 0 heterocycles. The predicted octanol–water partition coefficient (Wildman–Crippen LogP) is 3.02. The summed E-state index contributed by atoms with van der Waals surface area (Å²) in [7, 11) is 0. The van der Waals surface area contributed by atoms with Crippen LogP contribution in [0.2, 0.25) is 0 Å². The second-order valence-electron chi connectivity index (χ2n) is 5.18. The Morgan fingerprint density at radius 1 is 1.05 bits per heavy atom. The molecule has 0 amide bonds. The van der Waals surface area contributed by atoms with E-state index in [0.717, 1.165) is 31.1 Å². The number of hydrogen-bond acceptors (Lipinski definition) is 3. The SMILES string of the molecule is CC(C)CCCOCCOc1ccc(CCN)cc1. The van der Waals surface area contributed by atoms with E-state index >= 15 is 0 Å². The molecular weight excluding hydrogens is 238 g/mol. The number of hydrogen-bond donors (Lipinski definition) is 1. The summed E-state index contributed by atoms with van der Waals surface area (Å²) in [5.74, 6) is 1.65. The lowest BCUT2D eigenvalue weighted by atomic mass is 10.1. The van der Waals surface area contributed by atoms with Gasteiger partial charge in [0.05, 0.1) is 6.61 Å². The normalized spacial score (nSPS) is 10.9. The van der Waals surface area contributed by atoms with Crippen LogP contribution in [0.25, 0.3) is 0 Å². The molecule has 0 aliphatic rings. The van der Waals surface area contributed by atoms with Crippen molar-refractivity contribution in [3.63, 3.8) is 0 Å². The van der Waals surface area contributed by atoms with Gasteiger partial charge in [0, 0.05) is 6.61 Å². The molecule has 19 heavy (non-hydrogen) atoms. The van der Waals surface area contributed by atoms with E-state index in [1.807, 2.05) is 12.1 Å². The Hall–Kier alpha value is -1.06. The Morgan fingerprint density at radius 3 is 2.42 bits per heavy atom. The maximum Gasteiger partial charge on any atom is 0.119 e. The van der Waals surface area contributed by atoms with Crippen molar-refractivity contribution >= 4 is 0 Å². The van der Waals surface area contributed by atoms with Gasteiger partial charge in [-0.3, -0.25) is 0 Å². The minimum Gasteiger partial charge on any atom is -0.491 e. The van der Waals surface area contributed by atoms with Crippen molar-refractivity contribution in [2.45, 2.75) is 33.1 Å². The van der Waals surface area contributed by atoms with E-state index in [-0.39, 0.29) is 0 Å². The Kier molecular flexibility index (Phi) is 8.26. The van der Waals surface area contributed by atoms with Gasteiger partial charge in [-0.25, -0.2) is 0 Å². The molecule has 1 aromatic rings. The maximum absolute atomic E-state index is 5.61. The van der Waals surface area contributed by atoms with Crippen LogP contribution in [0.3, 0.4) is 0 Å². The van der Waals surface area contributed by atoms with E-state index < -0.39 is 0 Å². The number of ether oxygens (including phenoxy) is 2. The highest BCUT2D eigenvalue weighted by atomic mass is 16.5. The first-order valence-electron chi connectivity index (χ1n) is 7.22. The van der Waals surface area contributed by atoms with Gasteiger partial charge < -0.3 is 15.2 Å². The molecule has 0 aliphatic heterocycles. The van der Waals surface area contributed by atoms with Crippen LogP contribution in [0.4, 0.5) is 0 Å². The van der Waals surface area contributed by atoms with E-state index in [1.165, 1.54) is 12.0 Å². The summed E-state index contributed by atoms with van der Waals surface area (Å²) in [6.07, 6.45) is 3.27. The third kappa shape index (κ3) is 7.85. The van der Waals surface area contributed by atoms with Crippen LogP contribution >= 0.6 is 0 Å². The lowest BCUT2D eigenvalue weighted by Gasteiger charge is -2.08. The Labute approximate surface area is 117 Å². The van der Waals surface area contributed by atoms with Gasteiger partial charge in [0.25, 0.3) is 0 Å². The van der Waals surface area contributed by atoms with Gasteiger partial charge in [0.15, 0.2) is 0 Å². The summed E-state index contributed by atoms with van der Waals surface area (Å²) in [6.45, 7) is 7.25. The molecule has 0 atom stereocenters. The van der Waals surface area contributed by atoms with E-state index in [4.69, 9.17) is 15.2 Å². The molecule has 0 saturated heterocycles. The second kappa shape index (κ2) is 9.82. The van der Waals surface area contributed by atoms with E-state index in [0.29, 0.717) is 19.8 Å². The van der Waals surface area contributed by atoms with Crippen molar-refractivity contribution in [2.24, 2.45) is 11.7 Å². The van der Waals surface area contributed by atoms with E-state index in [2.05, 4.69) is 26.0 Å². The van der Waals surface area contributed by atoms with Gasteiger partial charge in [-0.15, -0.1) is 0 Å². The van der Waals surface area contributed by atoms with Crippen LogP contribution in [0.1, 0.15) is 32.3 Å². The lowest BCUT2D eigenvalue weighted by molar-refractivity contribution is 0.0957. The zero-order valence-corrected chi connectivity index (χ0v) is 12.2.